The molecular formula is C9H6ClFN2O2. The molecule has 2 aromatic rings. The molecule has 15 heavy (non-hydrogen) atoms. The van der Waals surface area contributed by atoms with Crippen LogP contribution in [-0.4, -0.2) is 22.7 Å². The zero-order valence-electron chi connectivity index (χ0n) is 7.70. The number of hydrogen-bond acceptors (Lipinski definition) is 3. The summed E-state index contributed by atoms with van der Waals surface area (Å²) in [6, 6.07) is 2.85. The van der Waals surface area contributed by atoms with Crippen LogP contribution in [0.2, 0.25) is 5.02 Å². The first-order valence-electron chi connectivity index (χ1n) is 4.04. The first-order valence-corrected chi connectivity index (χ1v) is 4.42. The summed E-state index contributed by atoms with van der Waals surface area (Å²) in [7, 11) is 1.25. The Bertz CT molecular complexity index is 499. The number of methoxy groups -OCH3 is 1. The molecule has 0 unspecified atom stereocenters. The molecule has 0 atom stereocenters. The second kappa shape index (κ2) is 3.51. The van der Waals surface area contributed by atoms with E-state index in [0.29, 0.717) is 5.52 Å². The van der Waals surface area contributed by atoms with Crippen LogP contribution < -0.4 is 0 Å². The second-order valence-corrected chi connectivity index (χ2v) is 3.27. The topological polar surface area (TPSA) is 43.6 Å². The number of aromatic nitrogens is 2. The predicted molar refractivity (Wildman–Crippen MR) is 51.5 cm³/mol. The summed E-state index contributed by atoms with van der Waals surface area (Å²) < 4.78 is 18.7. The third kappa shape index (κ3) is 1.66. The van der Waals surface area contributed by atoms with Gasteiger partial charge in [-0.3, -0.25) is 0 Å². The lowest BCUT2D eigenvalue weighted by molar-refractivity contribution is 0.0593. The monoisotopic (exact) mass is 228 g/mol. The van der Waals surface area contributed by atoms with Gasteiger partial charge >= 0.3 is 5.97 Å². The maximum atomic E-state index is 13.0. The third-order valence-electron chi connectivity index (χ3n) is 1.90. The molecule has 2 heterocycles. The fourth-order valence-corrected chi connectivity index (χ4v) is 1.35. The number of ether oxygens (including phenoxy) is 1. The number of carbonyl (C=O) groups excluding carboxylic acids is 1. The van der Waals surface area contributed by atoms with E-state index in [1.165, 1.54) is 23.8 Å². The lowest BCUT2D eigenvalue weighted by Gasteiger charge is -1.94. The molecule has 0 radical (unpaired) electrons. The van der Waals surface area contributed by atoms with E-state index in [1.54, 1.807) is 0 Å². The minimum Gasteiger partial charge on any atom is -0.464 e. The molecule has 78 valence electrons. The first-order chi connectivity index (χ1) is 7.11. The molecule has 0 aliphatic rings. The zero-order valence-corrected chi connectivity index (χ0v) is 8.45. The van der Waals surface area contributed by atoms with Crippen LogP contribution in [0, 0.1) is 5.82 Å². The van der Waals surface area contributed by atoms with Gasteiger partial charge in [0.15, 0.2) is 11.5 Å². The van der Waals surface area contributed by atoms with E-state index in [2.05, 4.69) is 9.84 Å². The van der Waals surface area contributed by atoms with Crippen LogP contribution in [0.15, 0.2) is 18.3 Å². The number of halogens is 2. The highest BCUT2D eigenvalue weighted by molar-refractivity contribution is 6.31. The van der Waals surface area contributed by atoms with Gasteiger partial charge in [-0.2, -0.15) is 5.10 Å². The maximum Gasteiger partial charge on any atom is 0.358 e. The number of hydrogen-bond donors (Lipinski definition) is 0. The van der Waals surface area contributed by atoms with Crippen molar-refractivity contribution in [1.82, 2.24) is 9.61 Å². The van der Waals surface area contributed by atoms with Crippen LogP contribution >= 0.6 is 11.6 Å². The second-order valence-electron chi connectivity index (χ2n) is 2.86. The Balaban J connectivity index is 2.61. The summed E-state index contributed by atoms with van der Waals surface area (Å²) in [5, 5.41) is 3.81. The van der Waals surface area contributed by atoms with Gasteiger partial charge in [-0.15, -0.1) is 0 Å². The largest absolute Gasteiger partial charge is 0.464 e. The third-order valence-corrected chi connectivity index (χ3v) is 2.19. The SMILES string of the molecule is COC(=O)c1cc2cc(Cl)c(F)cn2n1. The highest BCUT2D eigenvalue weighted by Crippen LogP contribution is 2.17. The molecule has 6 heteroatoms. The van der Waals surface area contributed by atoms with Gasteiger partial charge < -0.3 is 4.74 Å². The van der Waals surface area contributed by atoms with Crippen molar-refractivity contribution < 1.29 is 13.9 Å². The molecular weight excluding hydrogens is 223 g/mol. The van der Waals surface area contributed by atoms with Gasteiger partial charge in [0.2, 0.25) is 0 Å². The smallest absolute Gasteiger partial charge is 0.358 e. The van der Waals surface area contributed by atoms with Crippen LogP contribution in [-0.2, 0) is 4.74 Å². The first kappa shape index (κ1) is 9.92. The van der Waals surface area contributed by atoms with Gasteiger partial charge in [0.1, 0.15) is 0 Å². The Morgan fingerprint density at radius 1 is 1.60 bits per heavy atom. The van der Waals surface area contributed by atoms with E-state index in [1.807, 2.05) is 0 Å². The van der Waals surface area contributed by atoms with Gasteiger partial charge in [0, 0.05) is 0 Å². The molecule has 0 N–H and O–H groups in total. The summed E-state index contributed by atoms with van der Waals surface area (Å²) in [6.45, 7) is 0. The number of pyridine rings is 1. The number of nitrogens with zero attached hydrogens (tertiary/aromatic N) is 2. The Labute approximate surface area is 89.2 Å². The van der Waals surface area contributed by atoms with Crippen molar-refractivity contribution in [2.24, 2.45) is 0 Å². The highest BCUT2D eigenvalue weighted by Gasteiger charge is 2.12. The van der Waals surface area contributed by atoms with Gasteiger partial charge in [-0.1, -0.05) is 11.6 Å². The molecule has 0 aliphatic heterocycles. The Morgan fingerprint density at radius 2 is 2.33 bits per heavy atom. The fraction of sp³-hybridized carbons (Fsp3) is 0.111. The Hall–Kier alpha value is -1.62. The van der Waals surface area contributed by atoms with E-state index in [9.17, 15) is 9.18 Å². The Kier molecular flexibility index (Phi) is 2.32. The van der Waals surface area contributed by atoms with E-state index in [-0.39, 0.29) is 10.7 Å². The van der Waals surface area contributed by atoms with Gasteiger partial charge in [-0.25, -0.2) is 13.7 Å². The summed E-state index contributed by atoms with van der Waals surface area (Å²) in [4.78, 5) is 11.1. The van der Waals surface area contributed by atoms with Gasteiger partial charge in [-0.05, 0) is 12.1 Å². The van der Waals surface area contributed by atoms with Crippen LogP contribution in [0.1, 0.15) is 10.5 Å². The quantitative estimate of drug-likeness (QED) is 0.701. The Morgan fingerprint density at radius 3 is 3.00 bits per heavy atom. The molecule has 2 rings (SSSR count). The fourth-order valence-electron chi connectivity index (χ4n) is 1.19. The average Bonchev–Trinajstić information content (AvgIpc) is 2.60. The highest BCUT2D eigenvalue weighted by atomic mass is 35.5. The van der Waals surface area contributed by atoms with Crippen molar-refractivity contribution in [1.29, 1.82) is 0 Å². The van der Waals surface area contributed by atoms with Gasteiger partial charge in [0.05, 0.1) is 23.8 Å². The predicted octanol–water partition coefficient (Wildman–Crippen LogP) is 1.91. The molecule has 0 saturated carbocycles. The van der Waals surface area contributed by atoms with E-state index in [0.717, 1.165) is 6.20 Å². The standard InChI is InChI=1S/C9H6ClFN2O2/c1-15-9(14)8-3-5-2-6(10)7(11)4-13(5)12-8/h2-4H,1H3. The minimum atomic E-state index is -0.594. The van der Waals surface area contributed by atoms with Gasteiger partial charge in [0.25, 0.3) is 0 Å². The summed E-state index contributed by atoms with van der Waals surface area (Å²) in [5.74, 6) is -1.17. The zero-order chi connectivity index (χ0) is 11.0. The average molecular weight is 229 g/mol. The van der Waals surface area contributed by atoms with Crippen molar-refractivity contribution in [3.63, 3.8) is 0 Å². The molecule has 4 nitrogen and oxygen atoms in total. The van der Waals surface area contributed by atoms with Crippen molar-refractivity contribution >= 4 is 23.1 Å². The van der Waals surface area contributed by atoms with E-state index < -0.39 is 11.8 Å². The summed E-state index contributed by atoms with van der Waals surface area (Å²) in [5.41, 5.74) is 0.640. The molecule has 0 amide bonds. The number of fused-ring (bicyclic) bond motifs is 1. The molecule has 0 aromatic carbocycles. The van der Waals surface area contributed by atoms with Crippen LogP contribution in [0.5, 0.6) is 0 Å². The van der Waals surface area contributed by atoms with Crippen molar-refractivity contribution in [3.8, 4) is 0 Å². The van der Waals surface area contributed by atoms with Crippen LogP contribution in [0.25, 0.3) is 5.52 Å². The lowest BCUT2D eigenvalue weighted by Crippen LogP contribution is -2.02. The van der Waals surface area contributed by atoms with Crippen LogP contribution in [0.3, 0.4) is 0 Å². The molecule has 0 spiro atoms. The molecule has 0 aliphatic carbocycles. The maximum absolute atomic E-state index is 13.0. The van der Waals surface area contributed by atoms with E-state index >= 15 is 0 Å². The summed E-state index contributed by atoms with van der Waals surface area (Å²) in [6.07, 6.45) is 1.10. The van der Waals surface area contributed by atoms with Crippen molar-refractivity contribution in [2.75, 3.05) is 7.11 Å². The van der Waals surface area contributed by atoms with Crippen molar-refractivity contribution in [3.05, 3.63) is 34.9 Å². The molecule has 0 bridgehead atoms. The molecule has 0 fully saturated rings. The normalized spacial score (nSPS) is 10.6. The van der Waals surface area contributed by atoms with Crippen molar-refractivity contribution in [2.45, 2.75) is 0 Å². The lowest BCUT2D eigenvalue weighted by atomic mass is 10.3. The van der Waals surface area contributed by atoms with Crippen LogP contribution in [0.4, 0.5) is 4.39 Å². The molecule has 0 saturated heterocycles. The number of rotatable bonds is 1. The molecule has 2 aromatic heterocycles. The number of carbonyl (C=O) groups is 1. The summed E-state index contributed by atoms with van der Waals surface area (Å²) >= 11 is 5.58. The number of esters is 1. The minimum absolute atomic E-state index is 0.0150. The van der Waals surface area contributed by atoms with E-state index in [4.69, 9.17) is 11.6 Å².